The Labute approximate surface area is 219 Å². The second kappa shape index (κ2) is 10.3. The van der Waals surface area contributed by atoms with Crippen LogP contribution < -0.4 is 21.9 Å². The van der Waals surface area contributed by atoms with Crippen molar-refractivity contribution < 1.29 is 9.90 Å². The van der Waals surface area contributed by atoms with Gasteiger partial charge in [0.05, 0.1) is 0 Å². The number of thiazole rings is 1. The van der Waals surface area contributed by atoms with Gasteiger partial charge < -0.3 is 26.5 Å². The summed E-state index contributed by atoms with van der Waals surface area (Å²) in [7, 11) is 0. The van der Waals surface area contributed by atoms with Gasteiger partial charge in [-0.15, -0.1) is 0 Å². The Morgan fingerprint density at radius 3 is 2.76 bits per heavy atom. The average Bonchev–Trinajstić information content (AvgIpc) is 3.60. The molecule has 1 amide bonds. The summed E-state index contributed by atoms with van der Waals surface area (Å²) in [5.74, 6) is -0.818. The zero-order chi connectivity index (χ0) is 25.9. The van der Waals surface area contributed by atoms with E-state index in [1.54, 1.807) is 0 Å². The van der Waals surface area contributed by atoms with Crippen molar-refractivity contribution in [2.45, 2.75) is 13.3 Å². The van der Waals surface area contributed by atoms with Gasteiger partial charge in [-0.25, -0.2) is 0 Å². The highest BCUT2D eigenvalue weighted by atomic mass is 32.1. The van der Waals surface area contributed by atoms with E-state index in [1.165, 1.54) is 0 Å². The van der Waals surface area contributed by atoms with E-state index in [4.69, 9.17) is 5.73 Å². The highest BCUT2D eigenvalue weighted by Crippen LogP contribution is 2.33. The smallest absolute Gasteiger partial charge is 0.271 e. The number of amides is 1. The van der Waals surface area contributed by atoms with Crippen LogP contribution in [0.4, 0.5) is 15.8 Å². The van der Waals surface area contributed by atoms with Crippen molar-refractivity contribution in [3.05, 3.63) is 86.8 Å². The van der Waals surface area contributed by atoms with Gasteiger partial charge in [-0.3, -0.25) is 19.0 Å². The third-order valence-corrected chi connectivity index (χ3v) is 7.43. The molecule has 0 fully saturated rings. The van der Waals surface area contributed by atoms with Crippen molar-refractivity contribution in [1.82, 2.24) is 14.3 Å². The van der Waals surface area contributed by atoms with Crippen LogP contribution in [0.5, 0.6) is 5.88 Å². The van der Waals surface area contributed by atoms with Crippen LogP contribution in [0, 0.1) is 6.92 Å². The predicted octanol–water partition coefficient (Wildman–Crippen LogP) is 4.33. The van der Waals surface area contributed by atoms with Crippen LogP contribution in [-0.2, 0) is 6.42 Å². The standard InChI is InChI=1S/C25H23N7O3S2/c1-13-10-15-4-2-3-5-16(15)11-17(13)29-22(34)19-23(35)30-25(36-19)31-24-18(21(33)32-37-24)20(26)28-9-7-14-6-8-27-12-14/h2-6,8,10-12,27,35H,7,9H2,1H3,(H2,26,28)(H,29,34)(H,30,31)(H,32,33). The molecule has 0 bridgehead atoms. The molecule has 2 aromatic carbocycles. The monoisotopic (exact) mass is 533 g/mol. The molecule has 0 aliphatic rings. The molecule has 188 valence electrons. The fourth-order valence-electron chi connectivity index (χ4n) is 3.80. The molecule has 10 nitrogen and oxygen atoms in total. The summed E-state index contributed by atoms with van der Waals surface area (Å²) < 4.78 is 2.63. The van der Waals surface area contributed by atoms with Crippen molar-refractivity contribution in [2.24, 2.45) is 10.7 Å². The minimum Gasteiger partial charge on any atom is -0.492 e. The first kappa shape index (κ1) is 24.3. The van der Waals surface area contributed by atoms with Crippen LogP contribution >= 0.6 is 22.9 Å². The molecule has 3 aromatic heterocycles. The van der Waals surface area contributed by atoms with E-state index in [9.17, 15) is 14.7 Å². The van der Waals surface area contributed by atoms with Crippen molar-refractivity contribution >= 4 is 61.2 Å². The van der Waals surface area contributed by atoms with Crippen molar-refractivity contribution in [2.75, 3.05) is 17.2 Å². The summed E-state index contributed by atoms with van der Waals surface area (Å²) in [4.78, 5) is 36.8. The Kier molecular flexibility index (Phi) is 6.75. The number of rotatable bonds is 8. The number of benzene rings is 2. The zero-order valence-corrected chi connectivity index (χ0v) is 21.3. The van der Waals surface area contributed by atoms with E-state index < -0.39 is 11.8 Å². The van der Waals surface area contributed by atoms with E-state index >= 15 is 0 Å². The van der Waals surface area contributed by atoms with Crippen LogP contribution in [0.3, 0.4) is 0 Å². The fraction of sp³-hybridized carbons (Fsp3) is 0.120. The molecule has 3 heterocycles. The molecule has 12 heteroatoms. The fourth-order valence-corrected chi connectivity index (χ4v) is 5.37. The summed E-state index contributed by atoms with van der Waals surface area (Å²) in [6.45, 7) is 2.32. The number of aryl methyl sites for hydroxylation is 1. The number of nitrogens with two attached hydrogens (primary N) is 1. The van der Waals surface area contributed by atoms with Gasteiger partial charge in [-0.2, -0.15) is 4.98 Å². The van der Waals surface area contributed by atoms with E-state index in [1.807, 2.05) is 61.8 Å². The van der Waals surface area contributed by atoms with Gasteiger partial charge in [-0.05, 0) is 65.0 Å². The lowest BCUT2D eigenvalue weighted by Gasteiger charge is -2.09. The number of fused-ring (bicyclic) bond motifs is 1. The molecule has 7 N–H and O–H groups in total. The summed E-state index contributed by atoms with van der Waals surface area (Å²) in [5.41, 5.74) is 8.53. The number of aromatic hydroxyl groups is 1. The number of anilines is 3. The molecule has 0 unspecified atom stereocenters. The van der Waals surface area contributed by atoms with E-state index in [-0.39, 0.29) is 27.0 Å². The molecule has 0 aliphatic carbocycles. The predicted molar refractivity (Wildman–Crippen MR) is 149 cm³/mol. The van der Waals surface area contributed by atoms with Gasteiger partial charge >= 0.3 is 0 Å². The lowest BCUT2D eigenvalue weighted by molar-refractivity contribution is 0.102. The topological polar surface area (TPSA) is 161 Å². The Hall–Kier alpha value is -4.42. The average molecular weight is 534 g/mol. The van der Waals surface area contributed by atoms with Crippen molar-refractivity contribution in [1.29, 1.82) is 0 Å². The molecular weight excluding hydrogens is 510 g/mol. The van der Waals surface area contributed by atoms with Crippen LogP contribution in [0.15, 0.2) is 64.6 Å². The highest BCUT2D eigenvalue weighted by Gasteiger charge is 2.21. The first-order chi connectivity index (χ1) is 17.9. The number of hydrogen-bond acceptors (Lipinski definition) is 8. The molecule has 0 radical (unpaired) electrons. The minimum absolute atomic E-state index is 0.0348. The molecule has 0 aliphatic heterocycles. The van der Waals surface area contributed by atoms with Crippen LogP contribution in [0.25, 0.3) is 10.8 Å². The molecule has 0 atom stereocenters. The normalized spacial score (nSPS) is 11.6. The first-order valence-electron chi connectivity index (χ1n) is 11.3. The van der Waals surface area contributed by atoms with Crippen LogP contribution in [0.1, 0.15) is 26.4 Å². The van der Waals surface area contributed by atoms with Crippen LogP contribution in [-0.4, -0.2) is 37.7 Å². The lowest BCUT2D eigenvalue weighted by Crippen LogP contribution is -2.22. The summed E-state index contributed by atoms with van der Waals surface area (Å²) >= 11 is 1.99. The van der Waals surface area contributed by atoms with E-state index in [0.29, 0.717) is 23.7 Å². The molecule has 0 saturated heterocycles. The number of aromatic amines is 2. The van der Waals surface area contributed by atoms with Gasteiger partial charge in [0.25, 0.3) is 11.5 Å². The Bertz CT molecular complexity index is 1670. The maximum atomic E-state index is 13.0. The number of hydrogen-bond donors (Lipinski definition) is 6. The first-order valence-corrected chi connectivity index (χ1v) is 12.9. The highest BCUT2D eigenvalue weighted by molar-refractivity contribution is 7.18. The van der Waals surface area contributed by atoms with Gasteiger partial charge in [0.15, 0.2) is 10.0 Å². The molecule has 5 aromatic rings. The van der Waals surface area contributed by atoms with E-state index in [0.717, 1.165) is 44.8 Å². The summed E-state index contributed by atoms with van der Waals surface area (Å²) in [6.07, 6.45) is 4.37. The number of amidine groups is 1. The number of nitrogens with one attached hydrogen (secondary N) is 4. The third kappa shape index (κ3) is 5.25. The van der Waals surface area contributed by atoms with Crippen LogP contribution in [0.2, 0.25) is 0 Å². The lowest BCUT2D eigenvalue weighted by atomic mass is 10.1. The maximum Gasteiger partial charge on any atom is 0.271 e. The van der Waals surface area contributed by atoms with E-state index in [2.05, 4.69) is 30.0 Å². The molecule has 0 spiro atoms. The quantitative estimate of drug-likeness (QED) is 0.128. The van der Waals surface area contributed by atoms with Gasteiger partial charge in [-0.1, -0.05) is 35.6 Å². The molecule has 5 rings (SSSR count). The number of aliphatic imine (C=N–C) groups is 1. The molecular formula is C25H23N7O3S2. The van der Waals surface area contributed by atoms with Crippen molar-refractivity contribution in [3.63, 3.8) is 0 Å². The van der Waals surface area contributed by atoms with Gasteiger partial charge in [0.2, 0.25) is 5.88 Å². The molecule has 37 heavy (non-hydrogen) atoms. The number of carbonyl (C=O) groups is 1. The van der Waals surface area contributed by atoms with Gasteiger partial charge in [0, 0.05) is 24.6 Å². The van der Waals surface area contributed by atoms with Crippen molar-refractivity contribution in [3.8, 4) is 5.88 Å². The number of nitrogens with zero attached hydrogens (tertiary/aromatic N) is 2. The maximum absolute atomic E-state index is 13.0. The Morgan fingerprint density at radius 1 is 1.22 bits per heavy atom. The number of carbonyl (C=O) groups excluding carboxylic acids is 1. The molecule has 0 saturated carbocycles. The second-order valence-corrected chi connectivity index (χ2v) is 10.1. The Balaban J connectivity index is 1.32. The Morgan fingerprint density at radius 2 is 2.00 bits per heavy atom. The summed E-state index contributed by atoms with van der Waals surface area (Å²) in [6, 6.07) is 13.7. The second-order valence-electron chi connectivity index (χ2n) is 8.24. The third-order valence-electron chi connectivity index (χ3n) is 5.68. The van der Waals surface area contributed by atoms with Gasteiger partial charge in [0.1, 0.15) is 16.4 Å². The summed E-state index contributed by atoms with van der Waals surface area (Å²) in [5, 5.41) is 18.9. The largest absolute Gasteiger partial charge is 0.492 e. The number of H-pyrrole nitrogens is 2. The number of aromatic nitrogens is 3. The SMILES string of the molecule is Cc1cc2ccccc2cc1NC(=O)c1sc(Nc2s[nH]c(=O)c2C(N)=NCCc2cc[nH]c2)nc1O. The minimum atomic E-state index is -0.491. The zero-order valence-electron chi connectivity index (χ0n) is 19.7.